The molecule has 0 spiro atoms. The van der Waals surface area contributed by atoms with Crippen LogP contribution >= 0.6 is 11.3 Å². The zero-order valence-electron chi connectivity index (χ0n) is 17.2. The monoisotopic (exact) mass is 408 g/mol. The second-order valence-corrected chi connectivity index (χ2v) is 8.58. The predicted octanol–water partition coefficient (Wildman–Crippen LogP) is 4.05. The van der Waals surface area contributed by atoms with E-state index < -0.39 is 5.54 Å². The number of benzene rings is 1. The molecule has 0 fully saturated rings. The Bertz CT molecular complexity index is 1220. The first-order chi connectivity index (χ1) is 13.8. The van der Waals surface area contributed by atoms with E-state index in [9.17, 15) is 4.79 Å². The van der Waals surface area contributed by atoms with Gasteiger partial charge in [0.15, 0.2) is 5.82 Å². The first kappa shape index (κ1) is 19.3. The molecule has 3 heterocycles. The maximum atomic E-state index is 11.6. The van der Waals surface area contributed by atoms with Crippen molar-refractivity contribution in [3.05, 3.63) is 36.2 Å². The van der Waals surface area contributed by atoms with Crippen LogP contribution in [-0.4, -0.2) is 32.0 Å². The molecule has 0 unspecified atom stereocenters. The van der Waals surface area contributed by atoms with Crippen molar-refractivity contribution in [2.24, 2.45) is 7.05 Å². The van der Waals surface area contributed by atoms with Crippen LogP contribution in [0.15, 0.2) is 30.6 Å². The van der Waals surface area contributed by atoms with Crippen molar-refractivity contribution in [3.63, 3.8) is 0 Å². The van der Waals surface area contributed by atoms with Crippen molar-refractivity contribution in [3.8, 4) is 10.6 Å². The minimum Gasteiger partial charge on any atom is -0.368 e. The molecule has 0 saturated heterocycles. The summed E-state index contributed by atoms with van der Waals surface area (Å²) >= 11 is 1.56. The van der Waals surface area contributed by atoms with Crippen LogP contribution in [0.2, 0.25) is 0 Å². The second-order valence-electron chi connectivity index (χ2n) is 7.60. The molecule has 4 aromatic rings. The maximum absolute atomic E-state index is 11.6. The lowest BCUT2D eigenvalue weighted by Gasteiger charge is -2.26. The van der Waals surface area contributed by atoms with Crippen LogP contribution in [0.3, 0.4) is 0 Å². The number of rotatable bonds is 5. The van der Waals surface area contributed by atoms with Crippen LogP contribution in [-0.2, 0) is 17.4 Å². The summed E-state index contributed by atoms with van der Waals surface area (Å²) in [6.45, 7) is 8.34. The molecular formula is C21H24N6OS. The highest BCUT2D eigenvalue weighted by Crippen LogP contribution is 2.36. The zero-order valence-corrected chi connectivity index (χ0v) is 18.0. The van der Waals surface area contributed by atoms with Crippen molar-refractivity contribution >= 4 is 44.4 Å². The average molecular weight is 409 g/mol. The molecule has 2 N–H and O–H groups in total. The summed E-state index contributed by atoms with van der Waals surface area (Å²) in [5, 5.41) is 7.20. The molecule has 150 valence electrons. The summed E-state index contributed by atoms with van der Waals surface area (Å²) in [6.07, 6.45) is 1.79. The first-order valence-corrected chi connectivity index (χ1v) is 10.4. The van der Waals surface area contributed by atoms with E-state index in [-0.39, 0.29) is 5.91 Å². The Balaban J connectivity index is 1.85. The molecule has 1 amide bonds. The molecule has 8 heteroatoms. The summed E-state index contributed by atoms with van der Waals surface area (Å²) in [5.74, 6) is 0.727. The number of thiazole rings is 1. The van der Waals surface area contributed by atoms with E-state index >= 15 is 0 Å². The van der Waals surface area contributed by atoms with Crippen molar-refractivity contribution in [1.82, 2.24) is 24.8 Å². The van der Waals surface area contributed by atoms with E-state index in [0.29, 0.717) is 0 Å². The number of nitrogens with zero attached hydrogens (tertiary/aromatic N) is 4. The summed E-state index contributed by atoms with van der Waals surface area (Å²) in [7, 11) is 1.97. The van der Waals surface area contributed by atoms with Crippen molar-refractivity contribution in [2.75, 3.05) is 11.9 Å². The van der Waals surface area contributed by atoms with Gasteiger partial charge in [-0.05, 0) is 32.4 Å². The lowest BCUT2D eigenvalue weighted by Crippen LogP contribution is -2.39. The van der Waals surface area contributed by atoms with Gasteiger partial charge in [0.1, 0.15) is 26.4 Å². The van der Waals surface area contributed by atoms with Gasteiger partial charge in [0.2, 0.25) is 5.91 Å². The molecule has 0 bridgehead atoms. The lowest BCUT2D eigenvalue weighted by atomic mass is 9.93. The number of pyridine rings is 1. The Morgan fingerprint density at radius 3 is 2.76 bits per heavy atom. The second kappa shape index (κ2) is 7.11. The highest BCUT2D eigenvalue weighted by molar-refractivity contribution is 7.21. The molecule has 3 aromatic heterocycles. The summed E-state index contributed by atoms with van der Waals surface area (Å²) in [4.78, 5) is 26.6. The fourth-order valence-electron chi connectivity index (χ4n) is 3.55. The fraction of sp³-hybridized carbons (Fsp3) is 0.333. The topological polar surface area (TPSA) is 84.7 Å². The zero-order chi connectivity index (χ0) is 20.8. The van der Waals surface area contributed by atoms with Gasteiger partial charge in [-0.1, -0.05) is 29.5 Å². The molecule has 0 aliphatic rings. The smallest absolute Gasteiger partial charge is 0.217 e. The number of amides is 1. The minimum atomic E-state index is -0.468. The number of nitrogens with one attached hydrogen (secondary N) is 2. The number of imidazole rings is 1. The molecule has 0 saturated carbocycles. The number of aryl methyl sites for hydroxylation is 1. The van der Waals surface area contributed by atoms with Gasteiger partial charge in [-0.25, -0.2) is 15.0 Å². The molecular weight excluding hydrogens is 384 g/mol. The van der Waals surface area contributed by atoms with Crippen molar-refractivity contribution < 1.29 is 4.79 Å². The number of carbonyl (C=O) groups is 1. The number of hydrogen-bond acceptors (Lipinski definition) is 6. The summed E-state index contributed by atoms with van der Waals surface area (Å²) < 4.78 is 1.99. The summed E-state index contributed by atoms with van der Waals surface area (Å²) in [6, 6.07) is 8.14. The molecule has 1 aromatic carbocycles. The van der Waals surface area contributed by atoms with Gasteiger partial charge < -0.3 is 15.2 Å². The quantitative estimate of drug-likeness (QED) is 0.520. The van der Waals surface area contributed by atoms with E-state index in [2.05, 4.69) is 21.7 Å². The highest BCUT2D eigenvalue weighted by atomic mass is 32.1. The molecule has 0 aliphatic heterocycles. The standard InChI is InChI=1S/C21H24N6OS/c1-6-22-18-15-17(27(5)11-23-15)16-20(25-18)29-19(24-16)13-8-7-9-14(10-13)21(3,4)26-12(2)28/h7-11H,6H2,1-5H3,(H,22,25)(H,26,28). The van der Waals surface area contributed by atoms with Crippen LogP contribution < -0.4 is 10.6 Å². The molecule has 0 atom stereocenters. The lowest BCUT2D eigenvalue weighted by molar-refractivity contribution is -0.120. The average Bonchev–Trinajstić information content (AvgIpc) is 3.25. The predicted molar refractivity (Wildman–Crippen MR) is 118 cm³/mol. The van der Waals surface area contributed by atoms with Crippen LogP contribution in [0.25, 0.3) is 32.0 Å². The van der Waals surface area contributed by atoms with Crippen LogP contribution in [0, 0.1) is 0 Å². The Morgan fingerprint density at radius 1 is 1.24 bits per heavy atom. The van der Waals surface area contributed by atoms with Crippen molar-refractivity contribution in [2.45, 2.75) is 33.2 Å². The molecule has 4 rings (SSSR count). The molecule has 7 nitrogen and oxygen atoms in total. The summed E-state index contributed by atoms with van der Waals surface area (Å²) in [5.41, 5.74) is 4.22. The van der Waals surface area contributed by atoms with Gasteiger partial charge in [-0.3, -0.25) is 4.79 Å². The Kier molecular flexibility index (Phi) is 4.74. The van der Waals surface area contributed by atoms with Crippen LogP contribution in [0.4, 0.5) is 5.82 Å². The van der Waals surface area contributed by atoms with Crippen LogP contribution in [0.5, 0.6) is 0 Å². The van der Waals surface area contributed by atoms with Gasteiger partial charge in [0.25, 0.3) is 0 Å². The minimum absolute atomic E-state index is 0.0563. The number of hydrogen-bond donors (Lipinski definition) is 2. The third-order valence-corrected chi connectivity index (χ3v) is 5.87. The van der Waals surface area contributed by atoms with E-state index in [1.54, 1.807) is 17.7 Å². The Labute approximate surface area is 173 Å². The third-order valence-electron chi connectivity index (χ3n) is 4.87. The molecule has 0 radical (unpaired) electrons. The fourth-order valence-corrected chi connectivity index (χ4v) is 4.49. The van der Waals surface area contributed by atoms with E-state index in [1.807, 2.05) is 50.6 Å². The number of aromatic nitrogens is 4. The highest BCUT2D eigenvalue weighted by Gasteiger charge is 2.23. The number of carbonyl (C=O) groups excluding carboxylic acids is 1. The Hall–Kier alpha value is -3.00. The number of fused-ring (bicyclic) bond motifs is 3. The van der Waals surface area contributed by atoms with Gasteiger partial charge in [-0.15, -0.1) is 0 Å². The number of anilines is 1. The Morgan fingerprint density at radius 2 is 2.03 bits per heavy atom. The largest absolute Gasteiger partial charge is 0.368 e. The first-order valence-electron chi connectivity index (χ1n) is 9.55. The van der Waals surface area contributed by atoms with Gasteiger partial charge >= 0.3 is 0 Å². The van der Waals surface area contributed by atoms with Gasteiger partial charge in [-0.2, -0.15) is 0 Å². The normalized spacial score (nSPS) is 11.9. The van der Waals surface area contributed by atoms with Gasteiger partial charge in [0.05, 0.1) is 11.9 Å². The third kappa shape index (κ3) is 3.44. The SMILES string of the molecule is CCNc1nc2sc(-c3cccc(C(C)(C)NC(C)=O)c3)nc2c2c1ncn2C. The van der Waals surface area contributed by atoms with Crippen molar-refractivity contribution in [1.29, 1.82) is 0 Å². The molecule has 29 heavy (non-hydrogen) atoms. The maximum Gasteiger partial charge on any atom is 0.217 e. The van der Waals surface area contributed by atoms with Crippen LogP contribution in [0.1, 0.15) is 33.3 Å². The van der Waals surface area contributed by atoms with E-state index in [0.717, 1.165) is 49.9 Å². The van der Waals surface area contributed by atoms with Gasteiger partial charge in [0, 0.05) is 26.1 Å². The van der Waals surface area contributed by atoms with E-state index in [1.165, 1.54) is 6.92 Å². The van der Waals surface area contributed by atoms with E-state index in [4.69, 9.17) is 9.97 Å². The molecule has 0 aliphatic carbocycles.